The van der Waals surface area contributed by atoms with Gasteiger partial charge >= 0.3 is 6.18 Å². The number of rotatable bonds is 5. The third-order valence-electron chi connectivity index (χ3n) is 5.34. The molecule has 0 bridgehead atoms. The number of likely N-dealkylation sites (N-methyl/N-ethyl adjacent to an activating group) is 1. The molecule has 2 saturated heterocycles. The number of hydrogen-bond donors (Lipinski definition) is 2. The molecule has 0 radical (unpaired) electrons. The summed E-state index contributed by atoms with van der Waals surface area (Å²) in [5.74, 6) is 1.58. The fourth-order valence-corrected chi connectivity index (χ4v) is 3.67. The van der Waals surface area contributed by atoms with Crippen LogP contribution in [0.2, 0.25) is 0 Å². The van der Waals surface area contributed by atoms with E-state index in [1.807, 2.05) is 18.3 Å². The predicted octanol–water partition coefficient (Wildman–Crippen LogP) is 1.13. The first-order chi connectivity index (χ1) is 13.8. The number of nitrogens with zero attached hydrogens (tertiary/aromatic N) is 5. The molecule has 2 aliphatic rings. The number of guanidine groups is 1. The van der Waals surface area contributed by atoms with E-state index in [2.05, 4.69) is 37.5 Å². The monoisotopic (exact) mass is 413 g/mol. The van der Waals surface area contributed by atoms with Crippen molar-refractivity contribution in [3.8, 4) is 0 Å². The predicted molar refractivity (Wildman–Crippen MR) is 108 cm³/mol. The van der Waals surface area contributed by atoms with E-state index in [0.29, 0.717) is 32.0 Å². The molecule has 1 aromatic rings. The highest BCUT2D eigenvalue weighted by Crippen LogP contribution is 2.20. The fourth-order valence-electron chi connectivity index (χ4n) is 3.67. The zero-order valence-electron chi connectivity index (χ0n) is 17.0. The third-order valence-corrected chi connectivity index (χ3v) is 5.34. The minimum atomic E-state index is -4.15. The van der Waals surface area contributed by atoms with Crippen molar-refractivity contribution in [2.45, 2.75) is 25.2 Å². The largest absolute Gasteiger partial charge is 0.401 e. The lowest BCUT2D eigenvalue weighted by Crippen LogP contribution is -2.45. The molecule has 2 aliphatic heterocycles. The van der Waals surface area contributed by atoms with Gasteiger partial charge in [0.1, 0.15) is 5.82 Å². The number of pyridine rings is 1. The molecular formula is C19H30F3N7. The summed E-state index contributed by atoms with van der Waals surface area (Å²) < 4.78 is 37.6. The summed E-state index contributed by atoms with van der Waals surface area (Å²) in [6, 6.07) is 4.03. The van der Waals surface area contributed by atoms with Crippen LogP contribution >= 0.6 is 0 Å². The first-order valence-corrected chi connectivity index (χ1v) is 9.97. The smallest absolute Gasteiger partial charge is 0.354 e. The number of aliphatic imine (C=N–C) groups is 1. The van der Waals surface area contributed by atoms with Crippen molar-refractivity contribution in [3.63, 3.8) is 0 Å². The molecule has 0 spiro atoms. The van der Waals surface area contributed by atoms with Gasteiger partial charge in [-0.2, -0.15) is 13.2 Å². The molecular weight excluding hydrogens is 383 g/mol. The van der Waals surface area contributed by atoms with Crippen LogP contribution in [0.15, 0.2) is 23.3 Å². The van der Waals surface area contributed by atoms with Gasteiger partial charge in [0, 0.05) is 65.1 Å². The molecule has 2 fully saturated rings. The number of hydrogen-bond acceptors (Lipinski definition) is 5. The Kier molecular flexibility index (Phi) is 7.18. The number of halogens is 3. The summed E-state index contributed by atoms with van der Waals surface area (Å²) in [6.07, 6.45) is -1.63. The minimum absolute atomic E-state index is 0.0405. The van der Waals surface area contributed by atoms with Crippen molar-refractivity contribution in [1.82, 2.24) is 25.4 Å². The fraction of sp³-hybridized carbons (Fsp3) is 0.684. The molecule has 2 N–H and O–H groups in total. The Hall–Kier alpha value is -2.07. The van der Waals surface area contributed by atoms with Crippen LogP contribution < -0.4 is 15.5 Å². The molecule has 0 aromatic carbocycles. The molecule has 10 heteroatoms. The highest BCUT2D eigenvalue weighted by molar-refractivity contribution is 5.80. The summed E-state index contributed by atoms with van der Waals surface area (Å²) in [7, 11) is 3.78. The molecule has 0 aliphatic carbocycles. The molecule has 29 heavy (non-hydrogen) atoms. The second-order valence-electron chi connectivity index (χ2n) is 7.72. The van der Waals surface area contributed by atoms with Crippen LogP contribution in [-0.2, 0) is 6.54 Å². The lowest BCUT2D eigenvalue weighted by atomic mass is 10.2. The Balaban J connectivity index is 1.44. The van der Waals surface area contributed by atoms with Crippen LogP contribution in [-0.4, -0.2) is 92.9 Å². The zero-order chi connectivity index (χ0) is 20.9. The van der Waals surface area contributed by atoms with Crippen LogP contribution in [0.5, 0.6) is 0 Å². The van der Waals surface area contributed by atoms with E-state index in [0.717, 1.165) is 37.6 Å². The van der Waals surface area contributed by atoms with Gasteiger partial charge in [-0.05, 0) is 25.1 Å². The van der Waals surface area contributed by atoms with E-state index in [1.54, 1.807) is 7.05 Å². The van der Waals surface area contributed by atoms with E-state index < -0.39 is 12.7 Å². The van der Waals surface area contributed by atoms with Gasteiger partial charge in [0.05, 0.1) is 6.54 Å². The number of aromatic nitrogens is 1. The number of anilines is 1. The maximum absolute atomic E-state index is 12.5. The highest BCUT2D eigenvalue weighted by atomic mass is 19.4. The Labute approximate surface area is 170 Å². The van der Waals surface area contributed by atoms with E-state index in [9.17, 15) is 13.2 Å². The lowest BCUT2D eigenvalue weighted by molar-refractivity contribution is -0.143. The number of piperazine rings is 1. The molecule has 0 amide bonds. The van der Waals surface area contributed by atoms with Gasteiger partial charge in [0.15, 0.2) is 5.96 Å². The zero-order valence-corrected chi connectivity index (χ0v) is 17.0. The normalized spacial score (nSPS) is 22.2. The summed E-state index contributed by atoms with van der Waals surface area (Å²) in [5, 5.41) is 6.43. The van der Waals surface area contributed by atoms with Crippen LogP contribution in [0.1, 0.15) is 12.0 Å². The molecule has 3 heterocycles. The van der Waals surface area contributed by atoms with E-state index >= 15 is 0 Å². The Morgan fingerprint density at radius 1 is 1.21 bits per heavy atom. The van der Waals surface area contributed by atoms with Gasteiger partial charge in [0.2, 0.25) is 0 Å². The Morgan fingerprint density at radius 2 is 1.97 bits per heavy atom. The van der Waals surface area contributed by atoms with Crippen molar-refractivity contribution in [1.29, 1.82) is 0 Å². The average Bonchev–Trinajstić information content (AvgIpc) is 3.11. The standard InChI is InChI=1S/C19H30F3N7/c1-23-18(26-16-5-6-28(13-16)14-19(20,21)22)25-12-15-3-4-17(24-11-15)29-9-7-27(2)8-10-29/h3-4,11,16H,5-10,12-14H2,1-2H3,(H2,23,25,26). The highest BCUT2D eigenvalue weighted by Gasteiger charge is 2.34. The SMILES string of the molecule is CN=C(NCc1ccc(N2CCN(C)CC2)nc1)NC1CCN(CC(F)(F)F)C1. The van der Waals surface area contributed by atoms with Crippen LogP contribution in [0.25, 0.3) is 0 Å². The summed E-state index contributed by atoms with van der Waals surface area (Å²) in [6.45, 7) is 4.52. The number of alkyl halides is 3. The molecule has 1 atom stereocenters. The Morgan fingerprint density at radius 3 is 2.59 bits per heavy atom. The molecule has 7 nitrogen and oxygen atoms in total. The molecule has 162 valence electrons. The number of nitrogens with one attached hydrogen (secondary N) is 2. The average molecular weight is 413 g/mol. The lowest BCUT2D eigenvalue weighted by Gasteiger charge is -2.33. The third kappa shape index (κ3) is 6.74. The quantitative estimate of drug-likeness (QED) is 0.558. The van der Waals surface area contributed by atoms with Gasteiger partial charge in [-0.15, -0.1) is 0 Å². The second-order valence-corrected chi connectivity index (χ2v) is 7.72. The second kappa shape index (κ2) is 9.62. The maximum Gasteiger partial charge on any atom is 0.401 e. The molecule has 1 unspecified atom stereocenters. The molecule has 3 rings (SSSR count). The molecule has 1 aromatic heterocycles. The van der Waals surface area contributed by atoms with Gasteiger partial charge < -0.3 is 20.4 Å². The maximum atomic E-state index is 12.5. The van der Waals surface area contributed by atoms with E-state index in [4.69, 9.17) is 0 Å². The van der Waals surface area contributed by atoms with E-state index in [1.165, 1.54) is 4.90 Å². The Bertz CT molecular complexity index is 669. The van der Waals surface area contributed by atoms with Crippen molar-refractivity contribution in [2.24, 2.45) is 4.99 Å². The topological polar surface area (TPSA) is 59.0 Å². The van der Waals surface area contributed by atoms with E-state index in [-0.39, 0.29) is 6.04 Å². The van der Waals surface area contributed by atoms with Crippen molar-refractivity contribution in [3.05, 3.63) is 23.9 Å². The molecule has 0 saturated carbocycles. The van der Waals surface area contributed by atoms with Gasteiger partial charge in [0.25, 0.3) is 0 Å². The summed E-state index contributed by atoms with van der Waals surface area (Å²) in [5.41, 5.74) is 1.02. The minimum Gasteiger partial charge on any atom is -0.354 e. The summed E-state index contributed by atoms with van der Waals surface area (Å²) >= 11 is 0. The van der Waals surface area contributed by atoms with Gasteiger partial charge in [-0.25, -0.2) is 4.98 Å². The van der Waals surface area contributed by atoms with Gasteiger partial charge in [-0.3, -0.25) is 9.89 Å². The first-order valence-electron chi connectivity index (χ1n) is 9.97. The van der Waals surface area contributed by atoms with Crippen molar-refractivity contribution in [2.75, 3.05) is 64.8 Å². The van der Waals surface area contributed by atoms with Gasteiger partial charge in [-0.1, -0.05) is 6.07 Å². The summed E-state index contributed by atoms with van der Waals surface area (Å²) in [4.78, 5) is 14.8. The number of likely N-dealkylation sites (tertiary alicyclic amines) is 1. The van der Waals surface area contributed by atoms with Crippen LogP contribution in [0.4, 0.5) is 19.0 Å². The van der Waals surface area contributed by atoms with Crippen molar-refractivity contribution >= 4 is 11.8 Å². The van der Waals surface area contributed by atoms with Crippen molar-refractivity contribution < 1.29 is 13.2 Å². The first kappa shape index (κ1) is 21.6. The van der Waals surface area contributed by atoms with Crippen LogP contribution in [0, 0.1) is 0 Å². The van der Waals surface area contributed by atoms with Crippen LogP contribution in [0.3, 0.4) is 0 Å².